The predicted octanol–water partition coefficient (Wildman–Crippen LogP) is 2.00. The van der Waals surface area contributed by atoms with Crippen LogP contribution in [0.2, 0.25) is 0 Å². The average Bonchev–Trinajstić information content (AvgIpc) is 2.38. The third-order valence-electron chi connectivity index (χ3n) is 2.31. The van der Waals surface area contributed by atoms with Gasteiger partial charge in [-0.2, -0.15) is 11.8 Å². The van der Waals surface area contributed by atoms with E-state index in [0.717, 1.165) is 10.2 Å². The molecule has 0 aliphatic heterocycles. The molecule has 1 aromatic carbocycles. The number of thioether (sulfide) groups is 1. The van der Waals surface area contributed by atoms with Gasteiger partial charge >= 0.3 is 0 Å². The van der Waals surface area contributed by atoms with Gasteiger partial charge in [-0.1, -0.05) is 20.8 Å². The molecule has 20 heavy (non-hydrogen) atoms. The van der Waals surface area contributed by atoms with Gasteiger partial charge in [-0.15, -0.1) is 5.17 Å². The Morgan fingerprint density at radius 3 is 2.55 bits per heavy atom. The fraction of sp³-hybridized carbons (Fsp3) is 0.364. The second-order valence-electron chi connectivity index (χ2n) is 3.85. The highest BCUT2D eigenvalue weighted by atomic mass is 79.9. The largest absolute Gasteiger partial charge is 0.271 e. The molecule has 2 N–H and O–H groups in total. The number of halogens is 1. The van der Waals surface area contributed by atoms with Gasteiger partial charge in [0.1, 0.15) is 0 Å². The van der Waals surface area contributed by atoms with Crippen molar-refractivity contribution in [2.24, 2.45) is 0 Å². The number of carbonyl (C=O) groups excluding carboxylic acids is 1. The predicted molar refractivity (Wildman–Crippen MR) is 80.7 cm³/mol. The van der Waals surface area contributed by atoms with Crippen LogP contribution < -0.4 is 4.83 Å². The molecule has 0 aliphatic rings. The van der Waals surface area contributed by atoms with Crippen molar-refractivity contribution < 1.29 is 18.4 Å². The summed E-state index contributed by atoms with van der Waals surface area (Å²) in [6.45, 7) is 0. The first kappa shape index (κ1) is 17.4. The number of nitrogens with one attached hydrogen (secondary N) is 1. The Morgan fingerprint density at radius 2 is 2.00 bits per heavy atom. The fourth-order valence-corrected chi connectivity index (χ4v) is 2.93. The van der Waals surface area contributed by atoms with Crippen molar-refractivity contribution in [1.82, 2.24) is 10.0 Å². The molecule has 0 aromatic heterocycles. The van der Waals surface area contributed by atoms with Gasteiger partial charge in [0, 0.05) is 10.9 Å². The summed E-state index contributed by atoms with van der Waals surface area (Å²) in [6, 6.07) is 5.82. The molecule has 0 heterocycles. The number of sulfonamides is 1. The molecule has 0 atom stereocenters. The first-order valence-corrected chi connectivity index (χ1v) is 9.32. The smallest absolute Gasteiger partial charge is 0.262 e. The first-order chi connectivity index (χ1) is 9.36. The van der Waals surface area contributed by atoms with Gasteiger partial charge in [-0.3, -0.25) is 10.0 Å². The van der Waals surface area contributed by atoms with Crippen LogP contribution in [0.15, 0.2) is 33.6 Å². The summed E-state index contributed by atoms with van der Waals surface area (Å²) in [6.07, 6.45) is 2.54. The Hall–Kier alpha value is -0.610. The minimum Gasteiger partial charge on any atom is -0.271 e. The van der Waals surface area contributed by atoms with E-state index in [4.69, 9.17) is 0 Å². The Kier molecular flexibility index (Phi) is 6.96. The lowest BCUT2D eigenvalue weighted by Crippen LogP contribution is -2.43. The van der Waals surface area contributed by atoms with Crippen LogP contribution in [0.5, 0.6) is 0 Å². The standard InChI is InChI=1S/C11H15BrN2O4S2/c1-19-8-2-3-11(15)14(16)13-20(17,18)10-6-4-9(12)5-7-10/h4-7,13,16H,2-3,8H2,1H3. The Morgan fingerprint density at radius 1 is 1.40 bits per heavy atom. The van der Waals surface area contributed by atoms with Crippen molar-refractivity contribution in [1.29, 1.82) is 0 Å². The summed E-state index contributed by atoms with van der Waals surface area (Å²) in [5.41, 5.74) is 0. The van der Waals surface area contributed by atoms with Gasteiger partial charge in [-0.05, 0) is 42.7 Å². The van der Waals surface area contributed by atoms with Crippen LogP contribution in [0.1, 0.15) is 12.8 Å². The lowest BCUT2D eigenvalue weighted by Gasteiger charge is -2.15. The molecule has 0 aliphatic carbocycles. The topological polar surface area (TPSA) is 86.7 Å². The maximum atomic E-state index is 11.9. The van der Waals surface area contributed by atoms with E-state index in [1.807, 2.05) is 11.1 Å². The number of carbonyl (C=O) groups is 1. The summed E-state index contributed by atoms with van der Waals surface area (Å²) in [4.78, 5) is 13.3. The second-order valence-corrected chi connectivity index (χ2v) is 7.41. The van der Waals surface area contributed by atoms with Crippen LogP contribution in [-0.4, -0.2) is 36.7 Å². The zero-order valence-corrected chi connectivity index (χ0v) is 14.0. The number of hydrazine groups is 1. The van der Waals surface area contributed by atoms with Crippen LogP contribution >= 0.6 is 27.7 Å². The zero-order valence-electron chi connectivity index (χ0n) is 10.7. The molecule has 0 unspecified atom stereocenters. The van der Waals surface area contributed by atoms with E-state index in [9.17, 15) is 18.4 Å². The van der Waals surface area contributed by atoms with Gasteiger partial charge in [0.2, 0.25) is 0 Å². The highest BCUT2D eigenvalue weighted by Gasteiger charge is 2.20. The molecule has 0 bridgehead atoms. The fourth-order valence-electron chi connectivity index (χ4n) is 1.30. The minimum absolute atomic E-state index is 0.0255. The van der Waals surface area contributed by atoms with Gasteiger partial charge in [0.25, 0.3) is 15.9 Å². The van der Waals surface area contributed by atoms with Crippen molar-refractivity contribution in [2.45, 2.75) is 17.7 Å². The molecule has 1 rings (SSSR count). The molecule has 0 saturated carbocycles. The average molecular weight is 383 g/mol. The molecule has 9 heteroatoms. The van der Waals surface area contributed by atoms with Crippen molar-refractivity contribution >= 4 is 43.6 Å². The van der Waals surface area contributed by atoms with Gasteiger partial charge in [0.15, 0.2) is 0 Å². The Labute approximate surface area is 130 Å². The van der Waals surface area contributed by atoms with Crippen molar-refractivity contribution in [3.8, 4) is 0 Å². The van der Waals surface area contributed by atoms with E-state index in [1.165, 1.54) is 12.1 Å². The zero-order chi connectivity index (χ0) is 15.2. The van der Waals surface area contributed by atoms with Crippen molar-refractivity contribution in [3.05, 3.63) is 28.7 Å². The number of hydroxylamine groups is 1. The molecule has 0 fully saturated rings. The third-order valence-corrected chi connectivity index (χ3v) is 4.84. The maximum Gasteiger partial charge on any atom is 0.262 e. The van der Waals surface area contributed by atoms with E-state index < -0.39 is 15.9 Å². The number of benzene rings is 1. The highest BCUT2D eigenvalue weighted by Crippen LogP contribution is 2.14. The Bertz CT molecular complexity index is 548. The van der Waals surface area contributed by atoms with E-state index in [1.54, 1.807) is 23.9 Å². The molecule has 0 spiro atoms. The van der Waals surface area contributed by atoms with E-state index >= 15 is 0 Å². The highest BCUT2D eigenvalue weighted by molar-refractivity contribution is 9.10. The number of rotatable bonds is 7. The summed E-state index contributed by atoms with van der Waals surface area (Å²) in [7, 11) is -3.97. The maximum absolute atomic E-state index is 11.9. The van der Waals surface area contributed by atoms with Crippen LogP contribution in [0.3, 0.4) is 0 Å². The first-order valence-electron chi connectivity index (χ1n) is 5.65. The van der Waals surface area contributed by atoms with Crippen LogP contribution in [0, 0.1) is 0 Å². The van der Waals surface area contributed by atoms with Crippen molar-refractivity contribution in [2.75, 3.05) is 12.0 Å². The number of hydrogen-bond donors (Lipinski definition) is 2. The van der Waals surface area contributed by atoms with Crippen LogP contribution in [0.25, 0.3) is 0 Å². The van der Waals surface area contributed by atoms with Crippen molar-refractivity contribution in [3.63, 3.8) is 0 Å². The van der Waals surface area contributed by atoms with Crippen LogP contribution in [0.4, 0.5) is 0 Å². The quantitative estimate of drug-likeness (QED) is 0.427. The molecule has 0 saturated heterocycles. The van der Waals surface area contributed by atoms with E-state index in [0.29, 0.717) is 6.42 Å². The SMILES string of the molecule is CSCCCC(=O)N(O)NS(=O)(=O)c1ccc(Br)cc1. The summed E-state index contributed by atoms with van der Waals surface area (Å²) in [5, 5.41) is 9.47. The molecule has 1 aromatic rings. The number of hydrogen-bond acceptors (Lipinski definition) is 5. The van der Waals surface area contributed by atoms with Gasteiger partial charge in [0.05, 0.1) is 4.90 Å². The number of amides is 1. The van der Waals surface area contributed by atoms with E-state index in [-0.39, 0.29) is 16.5 Å². The lowest BCUT2D eigenvalue weighted by molar-refractivity contribution is -0.172. The molecule has 1 amide bonds. The lowest BCUT2D eigenvalue weighted by atomic mass is 10.3. The molecular formula is C11H15BrN2O4S2. The summed E-state index contributed by atoms with van der Waals surface area (Å²) < 4.78 is 24.5. The Balaban J connectivity index is 2.66. The monoisotopic (exact) mass is 382 g/mol. The molecule has 6 nitrogen and oxygen atoms in total. The molecule has 112 valence electrons. The second kappa shape index (κ2) is 7.99. The molecule has 0 radical (unpaired) electrons. The normalized spacial score (nSPS) is 11.3. The number of nitrogens with zero attached hydrogens (tertiary/aromatic N) is 1. The van der Waals surface area contributed by atoms with Gasteiger partial charge < -0.3 is 0 Å². The third kappa shape index (κ3) is 5.41. The van der Waals surface area contributed by atoms with Gasteiger partial charge in [-0.25, -0.2) is 8.42 Å². The molecular weight excluding hydrogens is 368 g/mol. The minimum atomic E-state index is -3.97. The van der Waals surface area contributed by atoms with Crippen LogP contribution in [-0.2, 0) is 14.8 Å². The van der Waals surface area contributed by atoms with E-state index in [2.05, 4.69) is 15.9 Å². The summed E-state index contributed by atoms with van der Waals surface area (Å²) >= 11 is 4.76. The summed E-state index contributed by atoms with van der Waals surface area (Å²) in [5.74, 6) is 0.0683.